The molecule has 1 heterocycles. The second-order valence-electron chi connectivity index (χ2n) is 4.21. The molecule has 1 atom stereocenters. The number of nitrogens with zero attached hydrogens (tertiary/aromatic N) is 1. The Hall–Kier alpha value is -2.20. The normalized spacial score (nSPS) is 11.9. The summed E-state index contributed by atoms with van der Waals surface area (Å²) in [5.74, 6) is -0.204. The van der Waals surface area contributed by atoms with E-state index in [1.54, 1.807) is 12.4 Å². The summed E-state index contributed by atoms with van der Waals surface area (Å²) >= 11 is 0. The Morgan fingerprint density at radius 2 is 2.00 bits per heavy atom. The van der Waals surface area contributed by atoms with Crippen molar-refractivity contribution < 1.29 is 9.53 Å². The molecule has 2 aromatic rings. The van der Waals surface area contributed by atoms with E-state index in [1.807, 2.05) is 43.3 Å². The minimum Gasteiger partial charge on any atom is -0.367 e. The van der Waals surface area contributed by atoms with E-state index >= 15 is 0 Å². The zero-order chi connectivity index (χ0) is 13.7. The van der Waals surface area contributed by atoms with Crippen molar-refractivity contribution in [1.29, 1.82) is 0 Å². The highest BCUT2D eigenvalue weighted by atomic mass is 16.5. The topological polar surface area (TPSA) is 51.2 Å². The number of ether oxygens (including phenoxy) is 1. The minimum absolute atomic E-state index is 0.204. The third kappa shape index (κ3) is 3.17. The van der Waals surface area contributed by atoms with E-state index < -0.39 is 6.10 Å². The van der Waals surface area contributed by atoms with Crippen LogP contribution in [0, 0.1) is 6.92 Å². The van der Waals surface area contributed by atoms with Crippen molar-refractivity contribution in [3.05, 3.63) is 59.9 Å². The van der Waals surface area contributed by atoms with Crippen molar-refractivity contribution in [2.45, 2.75) is 13.0 Å². The Kier molecular flexibility index (Phi) is 4.26. The number of aryl methyl sites for hydroxylation is 1. The van der Waals surface area contributed by atoms with E-state index in [0.717, 1.165) is 11.1 Å². The number of nitrogens with one attached hydrogen (secondary N) is 1. The average Bonchev–Trinajstić information content (AvgIpc) is 2.43. The molecule has 4 heteroatoms. The van der Waals surface area contributed by atoms with Crippen molar-refractivity contribution in [2.24, 2.45) is 0 Å². The number of pyridine rings is 1. The highest BCUT2D eigenvalue weighted by molar-refractivity contribution is 5.95. The third-order valence-electron chi connectivity index (χ3n) is 2.87. The highest BCUT2D eigenvalue weighted by Gasteiger charge is 2.20. The molecule has 4 nitrogen and oxygen atoms in total. The Bertz CT molecular complexity index is 555. The van der Waals surface area contributed by atoms with Gasteiger partial charge in [-0.3, -0.25) is 9.78 Å². The van der Waals surface area contributed by atoms with E-state index in [2.05, 4.69) is 10.3 Å². The second-order valence-corrected chi connectivity index (χ2v) is 4.21. The number of amides is 1. The fourth-order valence-electron chi connectivity index (χ4n) is 1.82. The monoisotopic (exact) mass is 256 g/mol. The maximum Gasteiger partial charge on any atom is 0.258 e. The Morgan fingerprint density at radius 1 is 1.26 bits per heavy atom. The molecule has 0 radical (unpaired) electrons. The summed E-state index contributed by atoms with van der Waals surface area (Å²) in [5.41, 5.74) is 2.49. The standard InChI is InChI=1S/C15H16N2O2/c1-11-8-9-16-10-13(11)17-15(18)14(19-2)12-6-4-3-5-7-12/h3-10,14H,1-2H3,(H,17,18). The predicted molar refractivity (Wildman–Crippen MR) is 73.8 cm³/mol. The molecule has 1 aromatic heterocycles. The first-order chi connectivity index (χ1) is 9.22. The van der Waals surface area contributed by atoms with Crippen LogP contribution >= 0.6 is 0 Å². The molecule has 0 fully saturated rings. The van der Waals surface area contributed by atoms with E-state index in [1.165, 1.54) is 7.11 Å². The first-order valence-corrected chi connectivity index (χ1v) is 6.01. The van der Waals surface area contributed by atoms with Gasteiger partial charge in [0, 0.05) is 13.3 Å². The van der Waals surface area contributed by atoms with Crippen LogP contribution in [-0.2, 0) is 9.53 Å². The van der Waals surface area contributed by atoms with E-state index in [9.17, 15) is 4.79 Å². The molecule has 19 heavy (non-hydrogen) atoms. The van der Waals surface area contributed by atoms with Gasteiger partial charge in [-0.2, -0.15) is 0 Å². The van der Waals surface area contributed by atoms with Gasteiger partial charge in [-0.1, -0.05) is 30.3 Å². The van der Waals surface area contributed by atoms with Crippen LogP contribution in [0.25, 0.3) is 0 Å². The number of hydrogen-bond donors (Lipinski definition) is 1. The third-order valence-corrected chi connectivity index (χ3v) is 2.87. The van der Waals surface area contributed by atoms with Crippen molar-refractivity contribution in [1.82, 2.24) is 4.98 Å². The number of benzene rings is 1. The molecule has 1 aromatic carbocycles. The SMILES string of the molecule is COC(C(=O)Nc1cnccc1C)c1ccccc1. The molecule has 2 rings (SSSR count). The average molecular weight is 256 g/mol. The number of carbonyl (C=O) groups excluding carboxylic acids is 1. The molecule has 0 spiro atoms. The molecule has 0 aliphatic carbocycles. The van der Waals surface area contributed by atoms with Crippen LogP contribution in [-0.4, -0.2) is 18.0 Å². The molecule has 1 N–H and O–H groups in total. The van der Waals surface area contributed by atoms with Crippen LogP contribution in [0.4, 0.5) is 5.69 Å². The Balaban J connectivity index is 2.17. The Morgan fingerprint density at radius 3 is 2.63 bits per heavy atom. The lowest BCUT2D eigenvalue weighted by molar-refractivity contribution is -0.126. The van der Waals surface area contributed by atoms with E-state index in [4.69, 9.17) is 4.74 Å². The Labute approximate surface area is 112 Å². The van der Waals surface area contributed by atoms with Crippen molar-refractivity contribution in [3.8, 4) is 0 Å². The van der Waals surface area contributed by atoms with E-state index in [-0.39, 0.29) is 5.91 Å². The van der Waals surface area contributed by atoms with Crippen LogP contribution < -0.4 is 5.32 Å². The molecule has 0 aliphatic rings. The van der Waals surface area contributed by atoms with Crippen LogP contribution in [0.1, 0.15) is 17.2 Å². The fourth-order valence-corrected chi connectivity index (χ4v) is 1.82. The highest BCUT2D eigenvalue weighted by Crippen LogP contribution is 2.20. The van der Waals surface area contributed by atoms with Crippen LogP contribution in [0.3, 0.4) is 0 Å². The molecule has 0 saturated carbocycles. The summed E-state index contributed by atoms with van der Waals surface area (Å²) in [6.07, 6.45) is 2.70. The van der Waals surface area contributed by atoms with Crippen molar-refractivity contribution >= 4 is 11.6 Å². The lowest BCUT2D eigenvalue weighted by atomic mass is 10.1. The van der Waals surface area contributed by atoms with Gasteiger partial charge < -0.3 is 10.1 Å². The number of hydrogen-bond acceptors (Lipinski definition) is 3. The largest absolute Gasteiger partial charge is 0.367 e. The van der Waals surface area contributed by atoms with Gasteiger partial charge in [-0.15, -0.1) is 0 Å². The minimum atomic E-state index is -0.624. The van der Waals surface area contributed by atoms with Gasteiger partial charge in [0.25, 0.3) is 5.91 Å². The van der Waals surface area contributed by atoms with Crippen LogP contribution in [0.2, 0.25) is 0 Å². The summed E-state index contributed by atoms with van der Waals surface area (Å²) in [5, 5.41) is 2.83. The summed E-state index contributed by atoms with van der Waals surface area (Å²) < 4.78 is 5.28. The number of rotatable bonds is 4. The van der Waals surface area contributed by atoms with Crippen molar-refractivity contribution in [2.75, 3.05) is 12.4 Å². The molecule has 1 unspecified atom stereocenters. The first kappa shape index (κ1) is 13.2. The van der Waals surface area contributed by atoms with Gasteiger partial charge in [-0.25, -0.2) is 0 Å². The smallest absolute Gasteiger partial charge is 0.258 e. The lowest BCUT2D eigenvalue weighted by Crippen LogP contribution is -2.23. The predicted octanol–water partition coefficient (Wildman–Crippen LogP) is 2.72. The molecule has 0 saturated heterocycles. The van der Waals surface area contributed by atoms with E-state index in [0.29, 0.717) is 5.69 Å². The summed E-state index contributed by atoms with van der Waals surface area (Å²) in [7, 11) is 1.52. The number of aromatic nitrogens is 1. The van der Waals surface area contributed by atoms with Gasteiger partial charge in [-0.05, 0) is 24.1 Å². The summed E-state index contributed by atoms with van der Waals surface area (Å²) in [4.78, 5) is 16.2. The van der Waals surface area contributed by atoms with Gasteiger partial charge in [0.2, 0.25) is 0 Å². The van der Waals surface area contributed by atoms with Crippen LogP contribution in [0.5, 0.6) is 0 Å². The summed E-state index contributed by atoms with van der Waals surface area (Å²) in [6, 6.07) is 11.2. The lowest BCUT2D eigenvalue weighted by Gasteiger charge is -2.16. The molecule has 0 bridgehead atoms. The maximum atomic E-state index is 12.2. The van der Waals surface area contributed by atoms with Gasteiger partial charge in [0.15, 0.2) is 6.10 Å². The molecular formula is C15H16N2O2. The zero-order valence-corrected chi connectivity index (χ0v) is 11.0. The second kappa shape index (κ2) is 6.11. The molecule has 98 valence electrons. The number of methoxy groups -OCH3 is 1. The quantitative estimate of drug-likeness (QED) is 0.915. The fraction of sp³-hybridized carbons (Fsp3) is 0.200. The molecule has 1 amide bonds. The molecule has 0 aliphatic heterocycles. The van der Waals surface area contributed by atoms with Crippen molar-refractivity contribution in [3.63, 3.8) is 0 Å². The summed E-state index contributed by atoms with van der Waals surface area (Å²) in [6.45, 7) is 1.92. The van der Waals surface area contributed by atoms with Gasteiger partial charge in [0.05, 0.1) is 11.9 Å². The zero-order valence-electron chi connectivity index (χ0n) is 11.0. The number of carbonyl (C=O) groups is 1. The number of anilines is 1. The van der Waals surface area contributed by atoms with Crippen LogP contribution in [0.15, 0.2) is 48.8 Å². The van der Waals surface area contributed by atoms with Gasteiger partial charge >= 0.3 is 0 Å². The van der Waals surface area contributed by atoms with Gasteiger partial charge in [0.1, 0.15) is 0 Å². The molecular weight excluding hydrogens is 240 g/mol. The first-order valence-electron chi connectivity index (χ1n) is 6.01. The maximum absolute atomic E-state index is 12.2.